The van der Waals surface area contributed by atoms with Crippen molar-refractivity contribution in [1.29, 1.82) is 0 Å². The Balaban J connectivity index is 1.55. The maximum absolute atomic E-state index is 12.2. The molecule has 3 aromatic rings. The van der Waals surface area contributed by atoms with Crippen LogP contribution in [-0.4, -0.2) is 32.6 Å². The van der Waals surface area contributed by atoms with Crippen LogP contribution in [0.4, 0.5) is 0 Å². The van der Waals surface area contributed by atoms with Gasteiger partial charge in [-0.05, 0) is 36.8 Å². The van der Waals surface area contributed by atoms with E-state index in [1.807, 2.05) is 12.1 Å². The summed E-state index contributed by atoms with van der Waals surface area (Å²) >= 11 is 0. The Bertz CT molecular complexity index is 843. The van der Waals surface area contributed by atoms with Gasteiger partial charge in [-0.25, -0.2) is 9.67 Å². The number of hydrogen-bond donors (Lipinski definition) is 2. The van der Waals surface area contributed by atoms with Gasteiger partial charge >= 0.3 is 0 Å². The van der Waals surface area contributed by atoms with Gasteiger partial charge in [0.1, 0.15) is 12.3 Å². The summed E-state index contributed by atoms with van der Waals surface area (Å²) in [5.41, 5.74) is 1.25. The zero-order chi connectivity index (χ0) is 17.6. The van der Waals surface area contributed by atoms with Gasteiger partial charge in [0, 0.05) is 25.1 Å². The fraction of sp³-hybridized carbons (Fsp3) is 0.176. The third-order valence-corrected chi connectivity index (χ3v) is 3.54. The summed E-state index contributed by atoms with van der Waals surface area (Å²) in [6.45, 7) is 1.94. The van der Waals surface area contributed by atoms with Crippen molar-refractivity contribution in [1.82, 2.24) is 25.4 Å². The van der Waals surface area contributed by atoms with Gasteiger partial charge in [0.15, 0.2) is 5.82 Å². The van der Waals surface area contributed by atoms with E-state index >= 15 is 0 Å². The molecular weight excluding hydrogens is 322 g/mol. The van der Waals surface area contributed by atoms with Crippen molar-refractivity contribution >= 4 is 11.8 Å². The van der Waals surface area contributed by atoms with Crippen LogP contribution in [0.2, 0.25) is 0 Å². The Morgan fingerprint density at radius 2 is 2.20 bits per heavy atom. The lowest BCUT2D eigenvalue weighted by molar-refractivity contribution is -0.122. The third-order valence-electron chi connectivity index (χ3n) is 3.54. The van der Waals surface area contributed by atoms with E-state index in [9.17, 15) is 9.59 Å². The Labute approximate surface area is 143 Å². The molecule has 3 rings (SSSR count). The minimum Gasteiger partial charge on any atom is -0.472 e. The van der Waals surface area contributed by atoms with Gasteiger partial charge in [-0.1, -0.05) is 0 Å². The number of rotatable bonds is 6. The first kappa shape index (κ1) is 16.4. The molecule has 25 heavy (non-hydrogen) atoms. The summed E-state index contributed by atoms with van der Waals surface area (Å²) in [5, 5.41) is 9.52. The Morgan fingerprint density at radius 1 is 1.32 bits per heavy atom. The summed E-state index contributed by atoms with van der Waals surface area (Å²) in [6, 6.07) is 6.31. The number of carbonyl (C=O) groups is 2. The molecule has 2 amide bonds. The van der Waals surface area contributed by atoms with Crippen molar-refractivity contribution in [2.75, 3.05) is 0 Å². The molecule has 0 aliphatic heterocycles. The van der Waals surface area contributed by atoms with Gasteiger partial charge < -0.3 is 15.1 Å². The highest BCUT2D eigenvalue weighted by Crippen LogP contribution is 2.06. The van der Waals surface area contributed by atoms with Gasteiger partial charge in [0.2, 0.25) is 5.91 Å². The van der Waals surface area contributed by atoms with Crippen LogP contribution in [0.1, 0.15) is 22.8 Å². The first-order chi connectivity index (χ1) is 12.1. The van der Waals surface area contributed by atoms with E-state index < -0.39 is 6.04 Å². The van der Waals surface area contributed by atoms with Crippen molar-refractivity contribution < 1.29 is 14.0 Å². The normalized spacial score (nSPS) is 11.7. The largest absolute Gasteiger partial charge is 0.472 e. The van der Waals surface area contributed by atoms with Crippen LogP contribution in [-0.2, 0) is 11.3 Å². The van der Waals surface area contributed by atoms with E-state index in [1.54, 1.807) is 36.3 Å². The molecule has 0 radical (unpaired) electrons. The molecule has 2 N–H and O–H groups in total. The van der Waals surface area contributed by atoms with Crippen molar-refractivity contribution in [3.8, 4) is 5.82 Å². The smallest absolute Gasteiger partial charge is 0.255 e. The lowest BCUT2D eigenvalue weighted by Gasteiger charge is -2.14. The van der Waals surface area contributed by atoms with Gasteiger partial charge in [0.25, 0.3) is 5.91 Å². The maximum Gasteiger partial charge on any atom is 0.255 e. The summed E-state index contributed by atoms with van der Waals surface area (Å²) in [6.07, 6.45) is 7.84. The molecule has 0 aromatic carbocycles. The molecule has 0 spiro atoms. The van der Waals surface area contributed by atoms with Crippen LogP contribution in [0, 0.1) is 0 Å². The van der Waals surface area contributed by atoms with Gasteiger partial charge in [-0.2, -0.15) is 5.10 Å². The van der Waals surface area contributed by atoms with Gasteiger partial charge in [-0.3, -0.25) is 9.59 Å². The summed E-state index contributed by atoms with van der Waals surface area (Å²) in [4.78, 5) is 28.3. The van der Waals surface area contributed by atoms with Crippen LogP contribution < -0.4 is 10.6 Å². The number of amides is 2. The van der Waals surface area contributed by atoms with E-state index in [-0.39, 0.29) is 11.8 Å². The maximum atomic E-state index is 12.2. The second-order valence-electron chi connectivity index (χ2n) is 5.40. The Hall–Kier alpha value is -3.42. The highest BCUT2D eigenvalue weighted by Gasteiger charge is 2.17. The average molecular weight is 339 g/mol. The van der Waals surface area contributed by atoms with Crippen LogP contribution in [0.5, 0.6) is 0 Å². The van der Waals surface area contributed by atoms with E-state index in [0.29, 0.717) is 17.9 Å². The van der Waals surface area contributed by atoms with Gasteiger partial charge in [0.05, 0.1) is 11.8 Å². The number of carbonyl (C=O) groups excluding carboxylic acids is 2. The van der Waals surface area contributed by atoms with Crippen LogP contribution in [0.25, 0.3) is 5.82 Å². The van der Waals surface area contributed by atoms with E-state index in [2.05, 4.69) is 20.7 Å². The number of furan rings is 1. The van der Waals surface area contributed by atoms with Gasteiger partial charge in [-0.15, -0.1) is 0 Å². The summed E-state index contributed by atoms with van der Waals surface area (Å²) < 4.78 is 6.49. The second-order valence-corrected chi connectivity index (χ2v) is 5.40. The van der Waals surface area contributed by atoms with E-state index in [1.165, 1.54) is 18.6 Å². The molecule has 0 unspecified atom stereocenters. The van der Waals surface area contributed by atoms with Crippen molar-refractivity contribution in [2.45, 2.75) is 19.5 Å². The predicted molar refractivity (Wildman–Crippen MR) is 88.8 cm³/mol. The monoisotopic (exact) mass is 339 g/mol. The standard InChI is InChI=1S/C17H17N5O3/c1-12(21-17(24)14-4-8-25-11-14)16(23)19-10-13-3-6-18-15(9-13)22-7-2-5-20-22/h2-9,11-12H,10H2,1H3,(H,19,23)(H,21,24)/t12-/m0/s1. The first-order valence-electron chi connectivity index (χ1n) is 7.69. The molecule has 1 atom stereocenters. The number of nitrogens with zero attached hydrogens (tertiary/aromatic N) is 3. The minimum atomic E-state index is -0.671. The van der Waals surface area contributed by atoms with Crippen LogP contribution in [0.15, 0.2) is 59.8 Å². The molecule has 0 saturated carbocycles. The summed E-state index contributed by atoms with van der Waals surface area (Å²) in [7, 11) is 0. The fourth-order valence-electron chi connectivity index (χ4n) is 2.18. The lowest BCUT2D eigenvalue weighted by atomic mass is 10.2. The molecule has 3 heterocycles. The molecule has 0 bridgehead atoms. The molecule has 0 aliphatic rings. The van der Waals surface area contributed by atoms with Crippen LogP contribution in [0.3, 0.4) is 0 Å². The van der Waals surface area contributed by atoms with E-state index in [0.717, 1.165) is 5.56 Å². The molecule has 8 heteroatoms. The third kappa shape index (κ3) is 4.11. The molecule has 0 fully saturated rings. The number of nitrogens with one attached hydrogen (secondary N) is 2. The van der Waals surface area contributed by atoms with E-state index in [4.69, 9.17) is 4.42 Å². The second kappa shape index (κ2) is 7.43. The zero-order valence-corrected chi connectivity index (χ0v) is 13.5. The van der Waals surface area contributed by atoms with Crippen molar-refractivity contribution in [2.24, 2.45) is 0 Å². The summed E-state index contributed by atoms with van der Waals surface area (Å²) in [5.74, 6) is 0.0219. The lowest BCUT2D eigenvalue weighted by Crippen LogP contribution is -2.44. The molecule has 0 aliphatic carbocycles. The molecule has 8 nitrogen and oxygen atoms in total. The SMILES string of the molecule is C[C@H](NC(=O)c1ccoc1)C(=O)NCc1ccnc(-n2cccn2)c1. The molecule has 3 aromatic heterocycles. The number of hydrogen-bond acceptors (Lipinski definition) is 5. The highest BCUT2D eigenvalue weighted by molar-refractivity contribution is 5.97. The molecule has 128 valence electrons. The molecular formula is C17H17N5O3. The topological polar surface area (TPSA) is 102 Å². The first-order valence-corrected chi connectivity index (χ1v) is 7.69. The quantitative estimate of drug-likeness (QED) is 0.705. The highest BCUT2D eigenvalue weighted by atomic mass is 16.3. The zero-order valence-electron chi connectivity index (χ0n) is 13.5. The van der Waals surface area contributed by atoms with Crippen molar-refractivity contribution in [3.05, 3.63) is 66.5 Å². The average Bonchev–Trinajstić information content (AvgIpc) is 3.33. The van der Waals surface area contributed by atoms with Crippen molar-refractivity contribution in [3.63, 3.8) is 0 Å². The number of aromatic nitrogens is 3. The Kier molecular flexibility index (Phi) is 4.89. The van der Waals surface area contributed by atoms with Crippen LogP contribution >= 0.6 is 0 Å². The Morgan fingerprint density at radius 3 is 2.92 bits per heavy atom. The molecule has 0 saturated heterocycles. The fourth-order valence-corrected chi connectivity index (χ4v) is 2.18. The predicted octanol–water partition coefficient (Wildman–Crippen LogP) is 1.29. The number of pyridine rings is 1. The minimum absolute atomic E-state index is 0.283.